The van der Waals surface area contributed by atoms with E-state index in [-0.39, 0.29) is 0 Å². The number of fused-ring (bicyclic) bond motifs is 1. The summed E-state index contributed by atoms with van der Waals surface area (Å²) >= 11 is 5.98. The number of alkyl halides is 1. The van der Waals surface area contributed by atoms with Gasteiger partial charge in [-0.1, -0.05) is 0 Å². The summed E-state index contributed by atoms with van der Waals surface area (Å²) in [4.78, 5) is 11.0. The lowest BCUT2D eigenvalue weighted by atomic mass is 10.3. The summed E-state index contributed by atoms with van der Waals surface area (Å²) in [7, 11) is 2.16. The molecule has 0 radical (unpaired) electrons. The average Bonchev–Trinajstić information content (AvgIpc) is 2.76. The van der Waals surface area contributed by atoms with Gasteiger partial charge in [-0.25, -0.2) is 4.98 Å². The van der Waals surface area contributed by atoms with Crippen LogP contribution in [0.1, 0.15) is 26.1 Å². The smallest absolute Gasteiger partial charge is 0.124 e. The van der Waals surface area contributed by atoms with E-state index in [0.717, 1.165) is 36.4 Å². The van der Waals surface area contributed by atoms with Crippen molar-refractivity contribution in [3.8, 4) is 0 Å². The third kappa shape index (κ3) is 3.25. The molecule has 0 saturated carbocycles. The predicted molar refractivity (Wildman–Crippen MR) is 79.5 cm³/mol. The minimum absolute atomic E-state index is 0.439. The molecule has 4 nitrogen and oxygen atoms in total. The van der Waals surface area contributed by atoms with Crippen molar-refractivity contribution in [1.29, 1.82) is 0 Å². The predicted octanol–water partition coefficient (Wildman–Crippen LogP) is 2.90. The molecule has 0 spiro atoms. The van der Waals surface area contributed by atoms with Crippen molar-refractivity contribution in [1.82, 2.24) is 19.4 Å². The van der Waals surface area contributed by atoms with Gasteiger partial charge < -0.3 is 9.47 Å². The molecule has 0 saturated heterocycles. The topological polar surface area (TPSA) is 34.0 Å². The van der Waals surface area contributed by atoms with Crippen molar-refractivity contribution in [3.63, 3.8) is 0 Å². The number of aryl methyl sites for hydroxylation is 1. The number of hydrogen-bond acceptors (Lipinski definition) is 3. The van der Waals surface area contributed by atoms with Crippen LogP contribution in [-0.2, 0) is 12.4 Å². The van der Waals surface area contributed by atoms with Gasteiger partial charge in [-0.15, -0.1) is 11.6 Å². The van der Waals surface area contributed by atoms with Crippen molar-refractivity contribution in [3.05, 3.63) is 24.3 Å². The Kier molecular flexibility index (Phi) is 4.77. The lowest BCUT2D eigenvalue weighted by molar-refractivity contribution is 0.265. The van der Waals surface area contributed by atoms with E-state index in [4.69, 9.17) is 11.6 Å². The van der Waals surface area contributed by atoms with Gasteiger partial charge in [-0.05, 0) is 39.9 Å². The summed E-state index contributed by atoms with van der Waals surface area (Å²) in [5, 5.41) is 0. The minimum atomic E-state index is 0.439. The molecule has 2 aromatic heterocycles. The first kappa shape index (κ1) is 14.3. The molecule has 0 aliphatic carbocycles. The lowest BCUT2D eigenvalue weighted by Gasteiger charge is -2.21. The summed E-state index contributed by atoms with van der Waals surface area (Å²) in [5.41, 5.74) is 2.05. The normalized spacial score (nSPS) is 11.9. The zero-order chi connectivity index (χ0) is 13.8. The van der Waals surface area contributed by atoms with E-state index < -0.39 is 0 Å². The average molecular weight is 281 g/mol. The van der Waals surface area contributed by atoms with E-state index in [1.165, 1.54) is 0 Å². The maximum absolute atomic E-state index is 5.98. The van der Waals surface area contributed by atoms with Crippen LogP contribution in [0.4, 0.5) is 0 Å². The monoisotopic (exact) mass is 280 g/mol. The first-order valence-corrected chi connectivity index (χ1v) is 7.22. The molecule has 2 aromatic rings. The van der Waals surface area contributed by atoms with Gasteiger partial charge in [0.15, 0.2) is 0 Å². The van der Waals surface area contributed by atoms with Crippen LogP contribution in [0.3, 0.4) is 0 Å². The molecule has 0 fully saturated rings. The zero-order valence-corrected chi connectivity index (χ0v) is 12.6. The zero-order valence-electron chi connectivity index (χ0n) is 11.8. The second kappa shape index (κ2) is 6.35. The second-order valence-corrected chi connectivity index (χ2v) is 5.37. The van der Waals surface area contributed by atoms with Crippen molar-refractivity contribution in [2.24, 2.45) is 0 Å². The molecule has 0 aliphatic rings. The SMILES string of the molecule is CC(C)N(C)CCCn1c(CCl)nc2cnccc21. The van der Waals surface area contributed by atoms with Crippen molar-refractivity contribution < 1.29 is 0 Å². The van der Waals surface area contributed by atoms with Gasteiger partial charge in [-0.3, -0.25) is 4.98 Å². The number of halogens is 1. The third-order valence-electron chi connectivity index (χ3n) is 3.52. The van der Waals surface area contributed by atoms with E-state index >= 15 is 0 Å². The largest absolute Gasteiger partial charge is 0.327 e. The van der Waals surface area contributed by atoms with Gasteiger partial charge in [-0.2, -0.15) is 0 Å². The molecule has 5 heteroatoms. The Morgan fingerprint density at radius 1 is 1.42 bits per heavy atom. The third-order valence-corrected chi connectivity index (χ3v) is 3.76. The fraction of sp³-hybridized carbons (Fsp3) is 0.571. The van der Waals surface area contributed by atoms with Gasteiger partial charge in [0.25, 0.3) is 0 Å². The van der Waals surface area contributed by atoms with Crippen molar-refractivity contribution >= 4 is 22.6 Å². The van der Waals surface area contributed by atoms with E-state index in [0.29, 0.717) is 11.9 Å². The van der Waals surface area contributed by atoms with E-state index in [1.807, 2.05) is 6.07 Å². The number of hydrogen-bond donors (Lipinski definition) is 0. The molecule has 0 amide bonds. The van der Waals surface area contributed by atoms with Crippen LogP contribution in [0.2, 0.25) is 0 Å². The van der Waals surface area contributed by atoms with E-state index in [1.54, 1.807) is 12.4 Å². The Bertz CT molecular complexity index is 535. The highest BCUT2D eigenvalue weighted by molar-refractivity contribution is 6.16. The summed E-state index contributed by atoms with van der Waals surface area (Å²) in [5.74, 6) is 1.37. The minimum Gasteiger partial charge on any atom is -0.327 e. The number of aromatic nitrogens is 3. The van der Waals surface area contributed by atoms with Gasteiger partial charge in [0, 0.05) is 18.8 Å². The molecular weight excluding hydrogens is 260 g/mol. The van der Waals surface area contributed by atoms with Gasteiger partial charge in [0.2, 0.25) is 0 Å². The van der Waals surface area contributed by atoms with E-state index in [2.05, 4.69) is 40.3 Å². The van der Waals surface area contributed by atoms with Crippen LogP contribution in [0, 0.1) is 0 Å². The van der Waals surface area contributed by atoms with Crippen LogP contribution in [0.25, 0.3) is 11.0 Å². The molecule has 0 aromatic carbocycles. The van der Waals surface area contributed by atoms with Gasteiger partial charge in [0.1, 0.15) is 11.3 Å². The highest BCUT2D eigenvalue weighted by Gasteiger charge is 2.10. The lowest BCUT2D eigenvalue weighted by Crippen LogP contribution is -2.28. The van der Waals surface area contributed by atoms with Crippen LogP contribution in [0.15, 0.2) is 18.5 Å². The molecular formula is C14H21ClN4. The number of nitrogens with zero attached hydrogens (tertiary/aromatic N) is 4. The fourth-order valence-electron chi connectivity index (χ4n) is 2.12. The summed E-state index contributed by atoms with van der Waals surface area (Å²) in [6.45, 7) is 6.44. The number of rotatable bonds is 6. The van der Waals surface area contributed by atoms with E-state index in [9.17, 15) is 0 Å². The summed E-state index contributed by atoms with van der Waals surface area (Å²) in [6.07, 6.45) is 4.69. The molecule has 104 valence electrons. The molecule has 0 unspecified atom stereocenters. The highest BCUT2D eigenvalue weighted by atomic mass is 35.5. The molecule has 2 rings (SSSR count). The first-order chi connectivity index (χ1) is 9.13. The maximum Gasteiger partial charge on any atom is 0.124 e. The Labute approximate surface area is 119 Å². The van der Waals surface area contributed by atoms with Gasteiger partial charge >= 0.3 is 0 Å². The Balaban J connectivity index is 2.11. The Morgan fingerprint density at radius 3 is 2.89 bits per heavy atom. The van der Waals surface area contributed by atoms with Crippen molar-refractivity contribution in [2.75, 3.05) is 13.6 Å². The van der Waals surface area contributed by atoms with Crippen LogP contribution < -0.4 is 0 Å². The molecule has 0 N–H and O–H groups in total. The van der Waals surface area contributed by atoms with Gasteiger partial charge in [0.05, 0.1) is 17.6 Å². The maximum atomic E-state index is 5.98. The second-order valence-electron chi connectivity index (χ2n) is 5.11. The molecule has 0 atom stereocenters. The summed E-state index contributed by atoms with van der Waals surface area (Å²) in [6, 6.07) is 2.58. The number of imidazole rings is 1. The molecule has 0 aliphatic heterocycles. The Hall–Kier alpha value is -1.13. The molecule has 0 bridgehead atoms. The molecule has 19 heavy (non-hydrogen) atoms. The fourth-order valence-corrected chi connectivity index (χ4v) is 2.32. The quantitative estimate of drug-likeness (QED) is 0.763. The van der Waals surface area contributed by atoms with Crippen molar-refractivity contribution in [2.45, 2.75) is 38.7 Å². The van der Waals surface area contributed by atoms with Crippen LogP contribution in [0.5, 0.6) is 0 Å². The Morgan fingerprint density at radius 2 is 2.21 bits per heavy atom. The number of pyridine rings is 1. The molecule has 2 heterocycles. The van der Waals surface area contributed by atoms with Crippen LogP contribution in [-0.4, -0.2) is 39.1 Å². The highest BCUT2D eigenvalue weighted by Crippen LogP contribution is 2.17. The first-order valence-electron chi connectivity index (χ1n) is 6.68. The van der Waals surface area contributed by atoms with Crippen LogP contribution >= 0.6 is 11.6 Å². The summed E-state index contributed by atoms with van der Waals surface area (Å²) < 4.78 is 2.21. The standard InChI is InChI=1S/C14H21ClN4/c1-11(2)18(3)7-4-8-19-13-5-6-16-10-12(13)17-14(19)9-15/h5-6,10-11H,4,7-9H2,1-3H3.